The maximum Gasteiger partial charge on any atom is 0.319 e. The van der Waals surface area contributed by atoms with Crippen LogP contribution in [-0.4, -0.2) is 16.6 Å². The molecule has 4 nitrogen and oxygen atoms in total. The number of aromatic nitrogens is 1. The van der Waals surface area contributed by atoms with Gasteiger partial charge in [-0.25, -0.2) is 4.79 Å². The van der Waals surface area contributed by atoms with Crippen molar-refractivity contribution in [2.75, 3.05) is 5.32 Å². The van der Waals surface area contributed by atoms with Crippen molar-refractivity contribution < 1.29 is 4.79 Å². The average Bonchev–Trinajstić information content (AvgIpc) is 2.89. The first-order valence-corrected chi connectivity index (χ1v) is 7.69. The van der Waals surface area contributed by atoms with Crippen molar-refractivity contribution in [2.24, 2.45) is 0 Å². The molecule has 4 heteroatoms. The molecule has 0 aliphatic carbocycles. The molecule has 3 rings (SSSR count). The highest BCUT2D eigenvalue weighted by molar-refractivity contribution is 5.96. The Balaban J connectivity index is 1.93. The second-order valence-electron chi connectivity index (χ2n) is 6.64. The number of H-pyrrole nitrogens is 1. The summed E-state index contributed by atoms with van der Waals surface area (Å²) in [5.41, 5.74) is 3.53. The molecule has 23 heavy (non-hydrogen) atoms. The molecule has 0 aliphatic heterocycles. The SMILES string of the molecule is CC(C)(C)NC(=O)Nc1ccccc1-c1cc2ccccc2[nH]1. The molecule has 0 aliphatic rings. The van der Waals surface area contributed by atoms with Gasteiger partial charge in [0.2, 0.25) is 0 Å². The van der Waals surface area contributed by atoms with E-state index in [-0.39, 0.29) is 11.6 Å². The summed E-state index contributed by atoms with van der Waals surface area (Å²) in [4.78, 5) is 15.6. The van der Waals surface area contributed by atoms with Gasteiger partial charge in [-0.3, -0.25) is 0 Å². The van der Waals surface area contributed by atoms with Crippen LogP contribution in [0.5, 0.6) is 0 Å². The number of para-hydroxylation sites is 2. The normalized spacial score (nSPS) is 11.4. The smallest absolute Gasteiger partial charge is 0.319 e. The Kier molecular flexibility index (Phi) is 3.82. The topological polar surface area (TPSA) is 56.9 Å². The molecule has 0 saturated carbocycles. The number of anilines is 1. The van der Waals surface area contributed by atoms with Crippen molar-refractivity contribution in [2.45, 2.75) is 26.3 Å². The average molecular weight is 307 g/mol. The van der Waals surface area contributed by atoms with Crippen LogP contribution in [0.2, 0.25) is 0 Å². The number of benzene rings is 2. The van der Waals surface area contributed by atoms with Crippen molar-refractivity contribution in [3.05, 3.63) is 54.6 Å². The highest BCUT2D eigenvalue weighted by atomic mass is 16.2. The Morgan fingerprint density at radius 1 is 1.00 bits per heavy atom. The minimum absolute atomic E-state index is 0.207. The van der Waals surface area contributed by atoms with Crippen molar-refractivity contribution in [3.8, 4) is 11.3 Å². The van der Waals surface area contributed by atoms with Crippen LogP contribution < -0.4 is 10.6 Å². The minimum Gasteiger partial charge on any atom is -0.354 e. The fourth-order valence-corrected chi connectivity index (χ4v) is 2.54. The molecule has 1 heterocycles. The van der Waals surface area contributed by atoms with Crippen LogP contribution in [-0.2, 0) is 0 Å². The molecule has 0 radical (unpaired) electrons. The summed E-state index contributed by atoms with van der Waals surface area (Å²) < 4.78 is 0. The van der Waals surface area contributed by atoms with Gasteiger partial charge in [-0.2, -0.15) is 0 Å². The monoisotopic (exact) mass is 307 g/mol. The Hall–Kier alpha value is -2.75. The summed E-state index contributed by atoms with van der Waals surface area (Å²) in [5.74, 6) is 0. The lowest BCUT2D eigenvalue weighted by molar-refractivity contribution is 0.244. The first-order valence-electron chi connectivity index (χ1n) is 7.69. The molecule has 2 aromatic carbocycles. The van der Waals surface area contributed by atoms with E-state index in [0.717, 1.165) is 27.8 Å². The van der Waals surface area contributed by atoms with E-state index in [2.05, 4.69) is 27.8 Å². The molecule has 0 spiro atoms. The van der Waals surface area contributed by atoms with Gasteiger partial charge in [0.15, 0.2) is 0 Å². The third kappa shape index (κ3) is 3.54. The van der Waals surface area contributed by atoms with Crippen molar-refractivity contribution >= 4 is 22.6 Å². The number of fused-ring (bicyclic) bond motifs is 1. The predicted molar refractivity (Wildman–Crippen MR) is 95.6 cm³/mol. The van der Waals surface area contributed by atoms with Gasteiger partial charge in [0.1, 0.15) is 0 Å². The molecule has 1 aromatic heterocycles. The second kappa shape index (κ2) is 5.80. The van der Waals surface area contributed by atoms with Gasteiger partial charge in [-0.1, -0.05) is 36.4 Å². The van der Waals surface area contributed by atoms with E-state index < -0.39 is 0 Å². The van der Waals surface area contributed by atoms with Crippen LogP contribution in [0.1, 0.15) is 20.8 Å². The first kappa shape index (κ1) is 15.2. The van der Waals surface area contributed by atoms with E-state index in [4.69, 9.17) is 0 Å². The van der Waals surface area contributed by atoms with Gasteiger partial charge < -0.3 is 15.6 Å². The summed E-state index contributed by atoms with van der Waals surface area (Å²) in [6.45, 7) is 5.86. The number of carbonyl (C=O) groups excluding carboxylic acids is 1. The van der Waals surface area contributed by atoms with E-state index in [1.54, 1.807) is 0 Å². The number of hydrogen-bond acceptors (Lipinski definition) is 1. The molecule has 0 saturated heterocycles. The van der Waals surface area contributed by atoms with E-state index >= 15 is 0 Å². The third-order valence-corrected chi connectivity index (χ3v) is 3.48. The van der Waals surface area contributed by atoms with Crippen LogP contribution in [0.3, 0.4) is 0 Å². The van der Waals surface area contributed by atoms with Crippen LogP contribution >= 0.6 is 0 Å². The largest absolute Gasteiger partial charge is 0.354 e. The minimum atomic E-state index is -0.278. The lowest BCUT2D eigenvalue weighted by Gasteiger charge is -2.21. The van der Waals surface area contributed by atoms with E-state index in [1.165, 1.54) is 0 Å². The van der Waals surface area contributed by atoms with Crippen molar-refractivity contribution in [1.29, 1.82) is 0 Å². The zero-order valence-electron chi connectivity index (χ0n) is 13.6. The zero-order chi connectivity index (χ0) is 16.4. The van der Waals surface area contributed by atoms with Crippen LogP contribution in [0.4, 0.5) is 10.5 Å². The number of rotatable bonds is 2. The van der Waals surface area contributed by atoms with Crippen molar-refractivity contribution in [1.82, 2.24) is 10.3 Å². The Morgan fingerprint density at radius 3 is 2.43 bits per heavy atom. The summed E-state index contributed by atoms with van der Waals surface area (Å²) in [7, 11) is 0. The second-order valence-corrected chi connectivity index (χ2v) is 6.64. The van der Waals surface area contributed by atoms with E-state index in [1.807, 2.05) is 63.2 Å². The van der Waals surface area contributed by atoms with Crippen LogP contribution in [0.15, 0.2) is 54.6 Å². The van der Waals surface area contributed by atoms with Gasteiger partial charge >= 0.3 is 6.03 Å². The van der Waals surface area contributed by atoms with E-state index in [0.29, 0.717) is 0 Å². The number of nitrogens with one attached hydrogen (secondary N) is 3. The van der Waals surface area contributed by atoms with Crippen LogP contribution in [0.25, 0.3) is 22.2 Å². The number of aromatic amines is 1. The predicted octanol–water partition coefficient (Wildman–Crippen LogP) is 4.75. The Labute approximate surface area is 135 Å². The zero-order valence-corrected chi connectivity index (χ0v) is 13.6. The molecule has 118 valence electrons. The van der Waals surface area contributed by atoms with Gasteiger partial charge in [-0.05, 0) is 39.0 Å². The highest BCUT2D eigenvalue weighted by Crippen LogP contribution is 2.30. The third-order valence-electron chi connectivity index (χ3n) is 3.48. The lowest BCUT2D eigenvalue weighted by Crippen LogP contribution is -2.43. The van der Waals surface area contributed by atoms with Crippen molar-refractivity contribution in [3.63, 3.8) is 0 Å². The Bertz CT molecular complexity index is 810. The fourth-order valence-electron chi connectivity index (χ4n) is 2.54. The number of hydrogen-bond donors (Lipinski definition) is 3. The highest BCUT2D eigenvalue weighted by Gasteiger charge is 2.15. The molecular formula is C19H21N3O. The molecule has 3 aromatic rings. The maximum absolute atomic E-state index is 12.2. The summed E-state index contributed by atoms with van der Waals surface area (Å²) in [6, 6.07) is 17.8. The van der Waals surface area contributed by atoms with Gasteiger partial charge in [-0.15, -0.1) is 0 Å². The van der Waals surface area contributed by atoms with Gasteiger partial charge in [0.25, 0.3) is 0 Å². The van der Waals surface area contributed by atoms with Crippen LogP contribution in [0, 0.1) is 0 Å². The number of amides is 2. The van der Waals surface area contributed by atoms with E-state index in [9.17, 15) is 4.79 Å². The maximum atomic E-state index is 12.2. The van der Waals surface area contributed by atoms with Gasteiger partial charge in [0, 0.05) is 27.7 Å². The first-order chi connectivity index (χ1) is 10.9. The molecule has 0 fully saturated rings. The summed E-state index contributed by atoms with van der Waals surface area (Å²) in [5, 5.41) is 7.00. The summed E-state index contributed by atoms with van der Waals surface area (Å²) >= 11 is 0. The number of urea groups is 1. The number of carbonyl (C=O) groups is 1. The molecule has 2 amide bonds. The quantitative estimate of drug-likeness (QED) is 0.628. The molecule has 0 atom stereocenters. The lowest BCUT2D eigenvalue weighted by atomic mass is 10.1. The standard InChI is InChI=1S/C19H21N3O/c1-19(2,3)22-18(23)21-16-11-7-5-9-14(16)17-12-13-8-4-6-10-15(13)20-17/h4-12,20H,1-3H3,(H2,21,22,23). The Morgan fingerprint density at radius 2 is 1.70 bits per heavy atom. The molecule has 0 unspecified atom stereocenters. The summed E-state index contributed by atoms with van der Waals surface area (Å²) in [6.07, 6.45) is 0. The molecule has 3 N–H and O–H groups in total. The van der Waals surface area contributed by atoms with Gasteiger partial charge in [0.05, 0.1) is 5.69 Å². The fraction of sp³-hybridized carbons (Fsp3) is 0.211. The molecule has 0 bridgehead atoms. The molecular weight excluding hydrogens is 286 g/mol.